The van der Waals surface area contributed by atoms with Crippen molar-refractivity contribution in [3.05, 3.63) is 0 Å². The molecule has 0 aliphatic rings. The summed E-state index contributed by atoms with van der Waals surface area (Å²) in [6.45, 7) is 0. The molecule has 0 aliphatic carbocycles. The van der Waals surface area contributed by atoms with Crippen LogP contribution in [-0.2, 0) is 34.0 Å². The topological polar surface area (TPSA) is 43.4 Å². The molecule has 0 saturated heterocycles. The number of hydrogen-bond donors (Lipinski definition) is 1. The van der Waals surface area contributed by atoms with Gasteiger partial charge in [-0.2, -0.15) is 0 Å². The van der Waals surface area contributed by atoms with Crippen LogP contribution in [0.2, 0.25) is 0 Å². The van der Waals surface area contributed by atoms with Gasteiger partial charge in [-0.25, -0.2) is 0 Å². The first-order valence-electron chi connectivity index (χ1n) is 0.714. The van der Waals surface area contributed by atoms with Crippen molar-refractivity contribution >= 4 is 11.0 Å². The molecule has 0 aliphatic heterocycles. The molecule has 0 aromatic rings. The summed E-state index contributed by atoms with van der Waals surface area (Å²) in [4.78, 5) is 0. The van der Waals surface area contributed by atoms with Gasteiger partial charge in [-0.15, -0.1) is 0 Å². The molecule has 0 aromatic carbocycles. The molecule has 0 heterocycles. The molecule has 0 fully saturated rings. The summed E-state index contributed by atoms with van der Waals surface area (Å²) in [5.74, 6) is 0. The fraction of sp³-hybridized carbons (Fsp3) is 0. The first kappa shape index (κ1) is 5.60. The Bertz CT molecular complexity index is 65.0. The van der Waals surface area contributed by atoms with Gasteiger partial charge in [0.2, 0.25) is 0 Å². The van der Waals surface area contributed by atoms with Gasteiger partial charge in [0.25, 0.3) is 0 Å². The Labute approximate surface area is 42.8 Å². The van der Waals surface area contributed by atoms with Crippen molar-refractivity contribution in [2.24, 2.45) is 0 Å². The molecule has 0 bridgehead atoms. The molecule has 0 N–H and O–H groups in total. The Morgan fingerprint density at radius 1 is 1.60 bits per heavy atom. The molecule has 0 amide bonds. The van der Waals surface area contributed by atoms with E-state index in [4.69, 9.17) is 0 Å². The van der Waals surface area contributed by atoms with E-state index in [0.29, 0.717) is 0 Å². The molecule has 31 valence electrons. The van der Waals surface area contributed by atoms with Gasteiger partial charge in [0.1, 0.15) is 0 Å². The van der Waals surface area contributed by atoms with Gasteiger partial charge in [0.15, 0.2) is 0 Å². The van der Waals surface area contributed by atoms with Gasteiger partial charge in [-0.3, -0.25) is 0 Å². The predicted octanol–water partition coefficient (Wildman–Crippen LogP) is -1.01. The quantitative estimate of drug-likeness (QED) is 0.412. The van der Waals surface area contributed by atoms with Crippen LogP contribution in [0.5, 0.6) is 0 Å². The summed E-state index contributed by atoms with van der Waals surface area (Å²) in [6, 6.07) is 0. The standard InChI is InChI=1S/Mo.H2O3S/c;1-4(2)3/h;4H,(H,1,2,3)/q+1;/p-1. The van der Waals surface area contributed by atoms with Gasteiger partial charge in [0.05, 0.1) is 0 Å². The third kappa shape index (κ3) is 4.60. The molecule has 0 radical (unpaired) electrons. The molecule has 5 heavy (non-hydrogen) atoms. The molecule has 0 atom stereocenters. The Morgan fingerprint density at radius 3 is 1.80 bits per heavy atom. The second kappa shape index (κ2) is 2.82. The fourth-order valence-electron chi connectivity index (χ4n) is 0. The third-order valence-electron chi connectivity index (χ3n) is 0.0609. The van der Waals surface area contributed by atoms with Gasteiger partial charge in [0, 0.05) is 0 Å². The van der Waals surface area contributed by atoms with E-state index in [0.717, 1.165) is 20.2 Å². The van der Waals surface area contributed by atoms with Gasteiger partial charge in [-0.05, 0) is 0 Å². The van der Waals surface area contributed by atoms with E-state index >= 15 is 0 Å². The molecule has 0 saturated carbocycles. The van der Waals surface area contributed by atoms with E-state index in [1.54, 1.807) is 0 Å². The van der Waals surface area contributed by atoms with Crippen LogP contribution in [0.25, 0.3) is 0 Å². The van der Waals surface area contributed by atoms with E-state index in [2.05, 4.69) is 2.84 Å². The second-order valence-corrected chi connectivity index (χ2v) is 1.99. The summed E-state index contributed by atoms with van der Waals surface area (Å²) < 4.78 is 22.1. The summed E-state index contributed by atoms with van der Waals surface area (Å²) in [5, 5.41) is 0. The zero-order valence-electron chi connectivity index (χ0n) is 2.08. The average Bonchev–Trinajstić information content (AvgIpc) is 1.38. The van der Waals surface area contributed by atoms with Gasteiger partial charge in [-0.1, -0.05) is 0 Å². The molecular formula is HMoO3S. The molecule has 0 unspecified atom stereocenters. The average molecular weight is 177 g/mol. The van der Waals surface area contributed by atoms with Crippen molar-refractivity contribution in [3.63, 3.8) is 0 Å². The van der Waals surface area contributed by atoms with Crippen LogP contribution in [0, 0.1) is 0 Å². The SMILES string of the molecule is O=[SH](=O)[O][Mo]. The zero-order valence-corrected chi connectivity index (χ0v) is 4.98. The number of hydrogen-bond acceptors (Lipinski definition) is 3. The van der Waals surface area contributed by atoms with Crippen LogP contribution in [0.1, 0.15) is 0 Å². The normalized spacial score (nSPS) is 9.00. The van der Waals surface area contributed by atoms with E-state index < -0.39 is 11.0 Å². The maximum atomic E-state index is 9.19. The Hall–Kier alpha value is 0.598. The first-order valence-corrected chi connectivity index (χ1v) is 2.63. The zero-order chi connectivity index (χ0) is 4.28. The van der Waals surface area contributed by atoms with Gasteiger partial charge >= 0.3 is 42.4 Å². The Kier molecular flexibility index (Phi) is 3.15. The minimum absolute atomic E-state index is 1.04. The van der Waals surface area contributed by atoms with Crippen LogP contribution in [-0.4, -0.2) is 8.42 Å². The summed E-state index contributed by atoms with van der Waals surface area (Å²) in [7, 11) is -2.59. The van der Waals surface area contributed by atoms with Crippen LogP contribution >= 0.6 is 0 Å². The second-order valence-electron chi connectivity index (χ2n) is 0.298. The van der Waals surface area contributed by atoms with Crippen molar-refractivity contribution in [2.45, 2.75) is 0 Å². The Morgan fingerprint density at radius 2 is 1.80 bits per heavy atom. The number of rotatable bonds is 1. The van der Waals surface area contributed by atoms with Gasteiger partial charge < -0.3 is 0 Å². The predicted molar refractivity (Wildman–Crippen MR) is 11.4 cm³/mol. The molecule has 3 nitrogen and oxygen atoms in total. The number of thiol groups is 1. The van der Waals surface area contributed by atoms with E-state index in [1.165, 1.54) is 0 Å². The van der Waals surface area contributed by atoms with E-state index in [-0.39, 0.29) is 0 Å². The first-order chi connectivity index (χ1) is 2.27. The van der Waals surface area contributed by atoms with Crippen LogP contribution in [0.3, 0.4) is 0 Å². The summed E-state index contributed by atoms with van der Waals surface area (Å²) in [5.41, 5.74) is 0. The van der Waals surface area contributed by atoms with Crippen LogP contribution < -0.4 is 0 Å². The van der Waals surface area contributed by atoms with Crippen molar-refractivity contribution in [2.75, 3.05) is 0 Å². The minimum atomic E-state index is -2.59. The van der Waals surface area contributed by atoms with Crippen LogP contribution in [0.4, 0.5) is 0 Å². The monoisotopic (exact) mass is 179 g/mol. The summed E-state index contributed by atoms with van der Waals surface area (Å²) in [6.07, 6.45) is 0. The molecular weight excluding hydrogens is 176 g/mol. The maximum absolute atomic E-state index is 9.19. The van der Waals surface area contributed by atoms with Crippen molar-refractivity contribution in [1.82, 2.24) is 0 Å². The molecule has 0 rings (SSSR count). The van der Waals surface area contributed by atoms with E-state index in [1.807, 2.05) is 0 Å². The third-order valence-corrected chi connectivity index (χ3v) is 1.08. The molecule has 5 heteroatoms. The summed E-state index contributed by atoms with van der Waals surface area (Å²) >= 11 is 1.04. The van der Waals surface area contributed by atoms with Crippen LogP contribution in [0.15, 0.2) is 0 Å². The fourth-order valence-corrected chi connectivity index (χ4v) is 0. The molecule has 0 spiro atoms. The Balaban J connectivity index is 3.23. The van der Waals surface area contributed by atoms with E-state index in [9.17, 15) is 8.42 Å². The molecule has 0 aromatic heterocycles. The van der Waals surface area contributed by atoms with Crippen molar-refractivity contribution < 1.29 is 31.4 Å². The van der Waals surface area contributed by atoms with Crippen molar-refractivity contribution in [3.8, 4) is 0 Å². The van der Waals surface area contributed by atoms with Crippen molar-refractivity contribution in [1.29, 1.82) is 0 Å².